The second-order valence-corrected chi connectivity index (χ2v) is 10.2. The fourth-order valence-electron chi connectivity index (χ4n) is 4.41. The van der Waals surface area contributed by atoms with Crippen LogP contribution >= 0.6 is 0 Å². The maximum Gasteiger partial charge on any atom is 1.00 e. The molecule has 0 bridgehead atoms. The first-order valence-corrected chi connectivity index (χ1v) is 11.0. The van der Waals surface area contributed by atoms with Gasteiger partial charge in [0.15, 0.2) is 0 Å². The summed E-state index contributed by atoms with van der Waals surface area (Å²) in [5.41, 5.74) is 3.00. The van der Waals surface area contributed by atoms with Gasteiger partial charge in [-0.1, -0.05) is 11.8 Å². The number of hydrogen-bond acceptors (Lipinski definition) is 6. The van der Waals surface area contributed by atoms with Crippen molar-refractivity contribution in [1.29, 1.82) is 0 Å². The number of nitrogens with one attached hydrogen (secondary N) is 2. The van der Waals surface area contributed by atoms with E-state index in [0.717, 1.165) is 28.6 Å². The molecule has 0 unspecified atom stereocenters. The van der Waals surface area contributed by atoms with Gasteiger partial charge < -0.3 is 15.4 Å². The molecule has 8 nitrogen and oxygen atoms in total. The van der Waals surface area contributed by atoms with Crippen LogP contribution in [0.3, 0.4) is 0 Å². The Hall–Kier alpha value is -1.75. The minimum atomic E-state index is -4.28. The molecule has 0 saturated carbocycles. The third-order valence-corrected chi connectivity index (χ3v) is 6.14. The largest absolute Gasteiger partial charge is 1.00 e. The molecule has 1 aromatic heterocycles. The summed E-state index contributed by atoms with van der Waals surface area (Å²) >= 11 is 0. The number of H-pyrrole nitrogens is 1. The summed E-state index contributed by atoms with van der Waals surface area (Å²) in [7, 11) is -4.28. The van der Waals surface area contributed by atoms with E-state index in [1.807, 2.05) is 0 Å². The van der Waals surface area contributed by atoms with E-state index in [9.17, 15) is 13.5 Å². The SMILES string of the molecule is CC1(C)Cc2[nH]c3ccc([O-])c(N=Nc4ccc(S(=O)(=O)O)cc4)c3c2C(C)(C)N1.[Na+]. The molecule has 0 atom stereocenters. The Balaban J connectivity index is 0.00000272. The van der Waals surface area contributed by atoms with Gasteiger partial charge in [0.25, 0.3) is 10.1 Å². The average Bonchev–Trinajstić information content (AvgIpc) is 2.97. The first-order valence-electron chi connectivity index (χ1n) is 9.51. The Morgan fingerprint density at radius 2 is 1.68 bits per heavy atom. The van der Waals surface area contributed by atoms with Crippen molar-refractivity contribution >= 4 is 32.4 Å². The Morgan fingerprint density at radius 3 is 2.29 bits per heavy atom. The third-order valence-electron chi connectivity index (χ3n) is 5.27. The number of azo groups is 1. The van der Waals surface area contributed by atoms with Crippen molar-refractivity contribution in [1.82, 2.24) is 10.3 Å². The molecule has 0 saturated heterocycles. The van der Waals surface area contributed by atoms with Gasteiger partial charge in [-0.2, -0.15) is 18.6 Å². The first kappa shape index (κ1) is 23.9. The molecule has 0 spiro atoms. The van der Waals surface area contributed by atoms with E-state index < -0.39 is 10.1 Å². The maximum absolute atomic E-state index is 12.7. The summed E-state index contributed by atoms with van der Waals surface area (Å²) < 4.78 is 31.4. The van der Waals surface area contributed by atoms with Crippen LogP contribution in [-0.2, 0) is 22.1 Å². The minimum Gasteiger partial charge on any atom is -0.871 e. The van der Waals surface area contributed by atoms with Crippen molar-refractivity contribution in [2.75, 3.05) is 0 Å². The van der Waals surface area contributed by atoms with Gasteiger partial charge in [0.2, 0.25) is 0 Å². The average molecular weight is 450 g/mol. The molecular formula is C21H23N4NaO4S. The predicted molar refractivity (Wildman–Crippen MR) is 112 cm³/mol. The van der Waals surface area contributed by atoms with E-state index in [2.05, 4.69) is 48.2 Å². The van der Waals surface area contributed by atoms with Gasteiger partial charge in [-0.05, 0) is 58.0 Å². The molecule has 0 fully saturated rings. The van der Waals surface area contributed by atoms with E-state index in [0.29, 0.717) is 5.69 Å². The zero-order valence-corrected chi connectivity index (χ0v) is 21.0. The number of aromatic nitrogens is 1. The summed E-state index contributed by atoms with van der Waals surface area (Å²) in [6, 6.07) is 8.52. The van der Waals surface area contributed by atoms with Crippen molar-refractivity contribution in [2.45, 2.75) is 50.1 Å². The maximum atomic E-state index is 12.7. The second-order valence-electron chi connectivity index (χ2n) is 8.79. The minimum absolute atomic E-state index is 0. The zero-order valence-electron chi connectivity index (χ0n) is 18.1. The van der Waals surface area contributed by atoms with Gasteiger partial charge in [0.05, 0.1) is 16.3 Å². The van der Waals surface area contributed by atoms with Crippen LogP contribution in [0, 0.1) is 0 Å². The fourth-order valence-corrected chi connectivity index (χ4v) is 4.89. The molecule has 2 aromatic carbocycles. The fraction of sp³-hybridized carbons (Fsp3) is 0.333. The summed E-state index contributed by atoms with van der Waals surface area (Å²) in [5, 5.41) is 25.4. The smallest absolute Gasteiger partial charge is 0.871 e. The molecule has 4 rings (SSSR count). The Kier molecular flexibility index (Phi) is 6.16. The number of nitrogens with zero attached hydrogens (tertiary/aromatic N) is 2. The number of rotatable bonds is 3. The molecule has 31 heavy (non-hydrogen) atoms. The van der Waals surface area contributed by atoms with E-state index in [-0.39, 0.29) is 57.0 Å². The van der Waals surface area contributed by atoms with Crippen LogP contribution in [0.25, 0.3) is 10.9 Å². The van der Waals surface area contributed by atoms with Crippen molar-refractivity contribution < 1.29 is 47.6 Å². The van der Waals surface area contributed by atoms with Crippen LogP contribution in [0.2, 0.25) is 0 Å². The van der Waals surface area contributed by atoms with Gasteiger partial charge in [-0.25, -0.2) is 0 Å². The van der Waals surface area contributed by atoms with Gasteiger partial charge in [0.1, 0.15) is 0 Å². The van der Waals surface area contributed by atoms with Crippen LogP contribution in [0.15, 0.2) is 51.5 Å². The van der Waals surface area contributed by atoms with Gasteiger partial charge in [-0.15, -0.1) is 0 Å². The summed E-state index contributed by atoms with van der Waals surface area (Å²) in [6.07, 6.45) is 0.780. The van der Waals surface area contributed by atoms with E-state index in [4.69, 9.17) is 4.55 Å². The molecule has 0 radical (unpaired) electrons. The quantitative estimate of drug-likeness (QED) is 0.312. The Labute approximate surface area is 203 Å². The molecule has 3 aromatic rings. The molecule has 10 heteroatoms. The number of benzene rings is 2. The van der Waals surface area contributed by atoms with Crippen LogP contribution in [0.4, 0.5) is 11.4 Å². The van der Waals surface area contributed by atoms with Crippen molar-refractivity contribution in [3.05, 3.63) is 47.7 Å². The van der Waals surface area contributed by atoms with E-state index in [1.54, 1.807) is 6.07 Å². The zero-order chi connectivity index (χ0) is 21.9. The van der Waals surface area contributed by atoms with Crippen LogP contribution in [0.5, 0.6) is 5.75 Å². The third kappa shape index (κ3) is 4.57. The topological polar surface area (TPSA) is 130 Å². The summed E-state index contributed by atoms with van der Waals surface area (Å²) in [6.45, 7) is 8.43. The normalized spacial score (nSPS) is 17.5. The van der Waals surface area contributed by atoms with E-state index >= 15 is 0 Å². The van der Waals surface area contributed by atoms with Crippen LogP contribution in [0.1, 0.15) is 39.0 Å². The second kappa shape index (κ2) is 7.99. The van der Waals surface area contributed by atoms with Gasteiger partial charge >= 0.3 is 29.6 Å². The van der Waals surface area contributed by atoms with Crippen molar-refractivity contribution in [3.8, 4) is 5.75 Å². The van der Waals surface area contributed by atoms with Crippen molar-refractivity contribution in [2.24, 2.45) is 10.2 Å². The Morgan fingerprint density at radius 1 is 1.03 bits per heavy atom. The first-order chi connectivity index (χ1) is 13.9. The molecule has 1 aliphatic heterocycles. The van der Waals surface area contributed by atoms with Crippen molar-refractivity contribution in [3.63, 3.8) is 0 Å². The standard InChI is InChI=1S/C21H24N4O4S.Na/c1-20(2)11-15-18(21(3,4)25-20)17-14(22-15)9-10-16(26)19(17)24-23-12-5-7-13(8-6-12)30(27,28)29;/h5-10,22,25-26H,11H2,1-4H3,(H,27,28,29);/q;+1/p-1. The van der Waals surface area contributed by atoms with Gasteiger partial charge in [0, 0.05) is 39.7 Å². The molecule has 2 heterocycles. The monoisotopic (exact) mass is 450 g/mol. The molecular weight excluding hydrogens is 427 g/mol. The summed E-state index contributed by atoms with van der Waals surface area (Å²) in [4.78, 5) is 3.21. The molecule has 1 aliphatic rings. The number of fused-ring (bicyclic) bond motifs is 3. The number of hydrogen-bond donors (Lipinski definition) is 3. The summed E-state index contributed by atoms with van der Waals surface area (Å²) in [5.74, 6) is -0.247. The molecule has 158 valence electrons. The number of aromatic amines is 1. The Bertz CT molecular complexity index is 1280. The molecule has 0 aliphatic carbocycles. The van der Waals surface area contributed by atoms with Crippen LogP contribution in [-0.4, -0.2) is 23.5 Å². The predicted octanol–water partition coefficient (Wildman–Crippen LogP) is 1.07. The van der Waals surface area contributed by atoms with Crippen LogP contribution < -0.4 is 40.0 Å². The van der Waals surface area contributed by atoms with E-state index in [1.165, 1.54) is 30.3 Å². The molecule has 3 N–H and O–H groups in total. The van der Waals surface area contributed by atoms with Gasteiger partial charge in [-0.3, -0.25) is 4.55 Å². The molecule has 0 amide bonds.